The van der Waals surface area contributed by atoms with Crippen LogP contribution in [0.25, 0.3) is 0 Å². The summed E-state index contributed by atoms with van der Waals surface area (Å²) in [6.45, 7) is 10.9. The van der Waals surface area contributed by atoms with Gasteiger partial charge in [0.25, 0.3) is 0 Å². The molecular weight excluding hydrogens is 262 g/mol. The molecule has 1 aliphatic rings. The molecule has 1 aliphatic heterocycles. The van der Waals surface area contributed by atoms with Crippen LogP contribution < -0.4 is 0 Å². The van der Waals surface area contributed by atoms with Gasteiger partial charge in [-0.25, -0.2) is 0 Å². The van der Waals surface area contributed by atoms with Gasteiger partial charge in [-0.15, -0.1) is 0 Å². The fourth-order valence-electron chi connectivity index (χ4n) is 3.30. The molecule has 21 heavy (non-hydrogen) atoms. The Labute approximate surface area is 129 Å². The van der Waals surface area contributed by atoms with Gasteiger partial charge in [0.2, 0.25) is 0 Å². The first kappa shape index (κ1) is 16.5. The normalized spacial score (nSPS) is 18.6. The van der Waals surface area contributed by atoms with E-state index >= 15 is 0 Å². The van der Waals surface area contributed by atoms with E-state index in [1.54, 1.807) is 0 Å². The molecule has 1 N–H and O–H groups in total. The monoisotopic (exact) mass is 293 g/mol. The molecule has 0 spiro atoms. The Hall–Kier alpha value is -0.870. The number of rotatable bonds is 7. The maximum absolute atomic E-state index is 10.7. The number of hydrogen-bond donors (Lipinski definition) is 1. The van der Waals surface area contributed by atoms with E-state index in [-0.39, 0.29) is 11.6 Å². The topological polar surface area (TPSA) is 41.3 Å². The third-order valence-electron chi connectivity index (χ3n) is 5.12. The maximum atomic E-state index is 10.7. The molecule has 0 radical (unpaired) electrons. The lowest BCUT2D eigenvalue weighted by Crippen LogP contribution is -2.52. The fraction of sp³-hybridized carbons (Fsp3) is 0.824. The first-order chi connectivity index (χ1) is 9.98. The van der Waals surface area contributed by atoms with Crippen LogP contribution in [-0.2, 0) is 6.42 Å². The predicted molar refractivity (Wildman–Crippen MR) is 86.4 cm³/mol. The average Bonchev–Trinajstić information content (AvgIpc) is 3.11. The van der Waals surface area contributed by atoms with E-state index in [0.29, 0.717) is 12.5 Å². The lowest BCUT2D eigenvalue weighted by molar-refractivity contribution is 0.00275. The van der Waals surface area contributed by atoms with Crippen LogP contribution >= 0.6 is 0 Å². The van der Waals surface area contributed by atoms with E-state index in [0.717, 1.165) is 31.6 Å². The fourth-order valence-corrected chi connectivity index (χ4v) is 3.30. The third kappa shape index (κ3) is 3.67. The van der Waals surface area contributed by atoms with E-state index in [4.69, 9.17) is 0 Å². The first-order valence-corrected chi connectivity index (χ1v) is 8.46. The van der Waals surface area contributed by atoms with Crippen LogP contribution in [0.15, 0.2) is 12.3 Å². The van der Waals surface area contributed by atoms with Crippen molar-refractivity contribution >= 4 is 0 Å². The predicted octanol–water partition coefficient (Wildman–Crippen LogP) is 3.02. The lowest BCUT2D eigenvalue weighted by atomic mass is 9.92. The number of aromatic nitrogens is 2. The van der Waals surface area contributed by atoms with Gasteiger partial charge in [0.05, 0.1) is 17.8 Å². The van der Waals surface area contributed by atoms with Crippen LogP contribution in [0.5, 0.6) is 0 Å². The summed E-state index contributed by atoms with van der Waals surface area (Å²) in [6.07, 6.45) is 7.01. The minimum absolute atomic E-state index is 0.171. The summed E-state index contributed by atoms with van der Waals surface area (Å²) in [4.78, 5) is 2.41. The number of aliphatic hydroxyl groups excluding tert-OH is 1. The zero-order valence-electron chi connectivity index (χ0n) is 14.0. The standard InChI is InChI=1S/C17H31N3O/c1-5-15(6-2)20-12-9-14(18-20)13-16(21)17(3,4)19-10-7-8-11-19/h9,12,15-16,21H,5-8,10-11,13H2,1-4H3. The van der Waals surface area contributed by atoms with Gasteiger partial charge in [0, 0.05) is 18.2 Å². The van der Waals surface area contributed by atoms with Crippen molar-refractivity contribution in [3.05, 3.63) is 18.0 Å². The van der Waals surface area contributed by atoms with Crippen LogP contribution in [-0.4, -0.2) is 44.5 Å². The summed E-state index contributed by atoms with van der Waals surface area (Å²) in [5.41, 5.74) is 0.830. The molecule has 0 saturated carbocycles. The number of hydrogen-bond acceptors (Lipinski definition) is 3. The molecule has 2 rings (SSSR count). The average molecular weight is 293 g/mol. The summed E-state index contributed by atoms with van der Waals surface area (Å²) in [6, 6.07) is 2.53. The smallest absolute Gasteiger partial charge is 0.0774 e. The zero-order valence-corrected chi connectivity index (χ0v) is 14.0. The Morgan fingerprint density at radius 2 is 1.86 bits per heavy atom. The van der Waals surface area contributed by atoms with E-state index in [1.165, 1.54) is 12.8 Å². The van der Waals surface area contributed by atoms with Gasteiger partial charge < -0.3 is 5.11 Å². The van der Waals surface area contributed by atoms with Crippen LogP contribution in [0.1, 0.15) is 65.1 Å². The van der Waals surface area contributed by atoms with E-state index in [9.17, 15) is 5.11 Å². The Balaban J connectivity index is 2.00. The highest BCUT2D eigenvalue weighted by Crippen LogP contribution is 2.26. The van der Waals surface area contributed by atoms with E-state index in [1.807, 2.05) is 0 Å². The van der Waals surface area contributed by atoms with Gasteiger partial charge in [-0.3, -0.25) is 9.58 Å². The number of nitrogens with zero attached hydrogens (tertiary/aromatic N) is 3. The number of aliphatic hydroxyl groups is 1. The van der Waals surface area contributed by atoms with Gasteiger partial charge in [-0.1, -0.05) is 13.8 Å². The second-order valence-corrected chi connectivity index (χ2v) is 6.83. The summed E-state index contributed by atoms with van der Waals surface area (Å²) < 4.78 is 2.06. The maximum Gasteiger partial charge on any atom is 0.0774 e. The van der Waals surface area contributed by atoms with Crippen molar-refractivity contribution in [3.8, 4) is 0 Å². The zero-order chi connectivity index (χ0) is 15.5. The minimum atomic E-state index is -0.374. The summed E-state index contributed by atoms with van der Waals surface area (Å²) >= 11 is 0. The quantitative estimate of drug-likeness (QED) is 0.840. The summed E-state index contributed by atoms with van der Waals surface area (Å²) in [7, 11) is 0. The SMILES string of the molecule is CCC(CC)n1ccc(CC(O)C(C)(C)N2CCCC2)n1. The highest BCUT2D eigenvalue weighted by molar-refractivity contribution is 5.05. The molecule has 0 bridgehead atoms. The van der Waals surface area contributed by atoms with Gasteiger partial charge in [0.15, 0.2) is 0 Å². The highest BCUT2D eigenvalue weighted by Gasteiger charge is 2.36. The molecule has 1 aromatic heterocycles. The summed E-state index contributed by atoms with van der Waals surface area (Å²) in [5.74, 6) is 0. The van der Waals surface area contributed by atoms with Crippen molar-refractivity contribution < 1.29 is 5.11 Å². The molecule has 0 aromatic carbocycles. The van der Waals surface area contributed by atoms with E-state index in [2.05, 4.69) is 54.6 Å². The molecule has 1 saturated heterocycles. The third-order valence-corrected chi connectivity index (χ3v) is 5.12. The Kier molecular flexibility index (Phi) is 5.44. The van der Waals surface area contributed by atoms with Gasteiger partial charge in [0.1, 0.15) is 0 Å². The molecule has 1 fully saturated rings. The van der Waals surface area contributed by atoms with Crippen molar-refractivity contribution in [3.63, 3.8) is 0 Å². The van der Waals surface area contributed by atoms with Crippen LogP contribution in [0, 0.1) is 0 Å². The van der Waals surface area contributed by atoms with Crippen molar-refractivity contribution in [1.82, 2.24) is 14.7 Å². The van der Waals surface area contributed by atoms with Crippen molar-refractivity contribution in [2.24, 2.45) is 0 Å². The summed E-state index contributed by atoms with van der Waals surface area (Å²) in [5, 5.41) is 15.3. The molecule has 120 valence electrons. The second kappa shape index (κ2) is 6.93. The molecule has 1 unspecified atom stereocenters. The first-order valence-electron chi connectivity index (χ1n) is 8.46. The van der Waals surface area contributed by atoms with E-state index < -0.39 is 0 Å². The van der Waals surface area contributed by atoms with Gasteiger partial charge >= 0.3 is 0 Å². The molecule has 4 heteroatoms. The highest BCUT2D eigenvalue weighted by atomic mass is 16.3. The van der Waals surface area contributed by atoms with Crippen molar-refractivity contribution in [2.75, 3.05) is 13.1 Å². The lowest BCUT2D eigenvalue weighted by Gasteiger charge is -2.39. The van der Waals surface area contributed by atoms with Gasteiger partial charge in [-0.2, -0.15) is 5.10 Å². The second-order valence-electron chi connectivity index (χ2n) is 6.83. The molecule has 2 heterocycles. The van der Waals surface area contributed by atoms with Crippen molar-refractivity contribution in [2.45, 2.75) is 77.5 Å². The Bertz CT molecular complexity index is 431. The number of likely N-dealkylation sites (tertiary alicyclic amines) is 1. The molecule has 1 aromatic rings. The molecule has 0 amide bonds. The Morgan fingerprint density at radius 3 is 2.43 bits per heavy atom. The molecular formula is C17H31N3O. The molecule has 4 nitrogen and oxygen atoms in total. The minimum Gasteiger partial charge on any atom is -0.391 e. The van der Waals surface area contributed by atoms with Crippen LogP contribution in [0.4, 0.5) is 0 Å². The largest absolute Gasteiger partial charge is 0.391 e. The van der Waals surface area contributed by atoms with Crippen LogP contribution in [0.3, 0.4) is 0 Å². The molecule has 1 atom stereocenters. The van der Waals surface area contributed by atoms with Gasteiger partial charge in [-0.05, 0) is 58.7 Å². The molecule has 0 aliphatic carbocycles. The Morgan fingerprint density at radius 1 is 1.24 bits per heavy atom. The van der Waals surface area contributed by atoms with Crippen molar-refractivity contribution in [1.29, 1.82) is 0 Å². The van der Waals surface area contributed by atoms with Crippen LogP contribution in [0.2, 0.25) is 0 Å².